The van der Waals surface area contributed by atoms with E-state index in [-0.39, 0.29) is 24.0 Å². The first-order chi connectivity index (χ1) is 14.4. The first-order valence-corrected chi connectivity index (χ1v) is 11.0. The van der Waals surface area contributed by atoms with Crippen LogP contribution in [0, 0.1) is 5.92 Å². The number of carbonyl (C=O) groups excluding carboxylic acids is 1. The highest BCUT2D eigenvalue weighted by Gasteiger charge is 2.31. The maximum atomic E-state index is 13.0. The van der Waals surface area contributed by atoms with Gasteiger partial charge in [0.15, 0.2) is 0 Å². The van der Waals surface area contributed by atoms with Crippen LogP contribution >= 0.6 is 0 Å². The molecule has 5 nitrogen and oxygen atoms in total. The average molecular weight is 405 g/mol. The van der Waals surface area contributed by atoms with Gasteiger partial charge in [0.25, 0.3) is 0 Å². The molecular formula is C25H32N4O. The summed E-state index contributed by atoms with van der Waals surface area (Å²) in [7, 11) is 0. The zero-order valence-corrected chi connectivity index (χ0v) is 18.4. The van der Waals surface area contributed by atoms with E-state index < -0.39 is 0 Å². The minimum absolute atomic E-state index is 0.0848. The second-order valence-corrected chi connectivity index (χ2v) is 9.15. The number of benzene rings is 1. The number of amides is 1. The van der Waals surface area contributed by atoms with Gasteiger partial charge in [-0.2, -0.15) is 0 Å². The maximum absolute atomic E-state index is 13.0. The SMILES string of the molecule is CC(C)C[C@@H]1N[C@H](C(=O)NC(C)C)Cc2cn(Cc3ccncc3)c3cccc1c23. The lowest BCUT2D eigenvalue weighted by Gasteiger charge is -2.26. The molecule has 1 aliphatic heterocycles. The quantitative estimate of drug-likeness (QED) is 0.647. The Morgan fingerprint density at radius 2 is 1.97 bits per heavy atom. The van der Waals surface area contributed by atoms with Crippen molar-refractivity contribution in [2.24, 2.45) is 5.92 Å². The summed E-state index contributed by atoms with van der Waals surface area (Å²) in [6.07, 6.45) is 7.62. The van der Waals surface area contributed by atoms with Gasteiger partial charge in [0, 0.05) is 48.1 Å². The molecule has 0 aliphatic carbocycles. The zero-order valence-electron chi connectivity index (χ0n) is 18.4. The Morgan fingerprint density at radius 3 is 2.67 bits per heavy atom. The first kappa shape index (κ1) is 20.6. The van der Waals surface area contributed by atoms with Crippen LogP contribution in [0.2, 0.25) is 0 Å². The number of hydrogen-bond acceptors (Lipinski definition) is 3. The second kappa shape index (κ2) is 8.60. The molecule has 0 spiro atoms. The summed E-state index contributed by atoms with van der Waals surface area (Å²) < 4.78 is 2.32. The van der Waals surface area contributed by atoms with Gasteiger partial charge in [0.05, 0.1) is 6.04 Å². The molecule has 5 heteroatoms. The van der Waals surface area contributed by atoms with Crippen molar-refractivity contribution in [3.05, 3.63) is 65.6 Å². The topological polar surface area (TPSA) is 59.0 Å². The van der Waals surface area contributed by atoms with Gasteiger partial charge in [0.1, 0.15) is 0 Å². The third-order valence-electron chi connectivity index (χ3n) is 5.78. The van der Waals surface area contributed by atoms with Crippen LogP contribution in [0.4, 0.5) is 0 Å². The smallest absolute Gasteiger partial charge is 0.237 e. The molecule has 0 bridgehead atoms. The summed E-state index contributed by atoms with van der Waals surface area (Å²) in [5, 5.41) is 8.10. The van der Waals surface area contributed by atoms with Gasteiger partial charge in [-0.1, -0.05) is 26.0 Å². The van der Waals surface area contributed by atoms with Gasteiger partial charge in [0.2, 0.25) is 5.91 Å². The molecule has 3 heterocycles. The van der Waals surface area contributed by atoms with E-state index in [0.29, 0.717) is 12.3 Å². The van der Waals surface area contributed by atoms with Crippen LogP contribution in [-0.4, -0.2) is 27.5 Å². The average Bonchev–Trinajstić information content (AvgIpc) is 2.95. The predicted molar refractivity (Wildman–Crippen MR) is 121 cm³/mol. The normalized spacial score (nSPS) is 18.7. The number of rotatable bonds is 6. The van der Waals surface area contributed by atoms with Gasteiger partial charge in [-0.25, -0.2) is 0 Å². The Kier molecular flexibility index (Phi) is 5.91. The highest BCUT2D eigenvalue weighted by molar-refractivity contribution is 5.90. The van der Waals surface area contributed by atoms with Crippen molar-refractivity contribution >= 4 is 16.8 Å². The Bertz CT molecular complexity index is 1020. The van der Waals surface area contributed by atoms with Gasteiger partial charge >= 0.3 is 0 Å². The largest absolute Gasteiger partial charge is 0.353 e. The number of carbonyl (C=O) groups is 1. The van der Waals surface area contributed by atoms with Crippen LogP contribution in [0.5, 0.6) is 0 Å². The molecule has 2 N–H and O–H groups in total. The lowest BCUT2D eigenvalue weighted by atomic mass is 9.94. The standard InChI is InChI=1S/C25H32N4O/c1-16(2)12-21-20-6-5-7-23-24(20)19(13-22(28-21)25(30)27-17(3)4)15-29(23)14-18-8-10-26-11-9-18/h5-11,15-17,21-22,28H,12-14H2,1-4H3,(H,27,30)/t21-,22-/m0/s1. The third kappa shape index (κ3) is 4.26. The van der Waals surface area contributed by atoms with Crippen LogP contribution in [0.25, 0.3) is 10.9 Å². The van der Waals surface area contributed by atoms with E-state index in [1.54, 1.807) is 0 Å². The molecule has 0 radical (unpaired) electrons. The monoisotopic (exact) mass is 404 g/mol. The number of pyridine rings is 1. The van der Waals surface area contributed by atoms with Gasteiger partial charge in [-0.3, -0.25) is 15.1 Å². The molecule has 1 aromatic carbocycles. The van der Waals surface area contributed by atoms with E-state index in [4.69, 9.17) is 0 Å². The van der Waals surface area contributed by atoms with Crippen LogP contribution in [0.3, 0.4) is 0 Å². The zero-order chi connectivity index (χ0) is 21.3. The molecule has 0 saturated carbocycles. The fraction of sp³-hybridized carbons (Fsp3) is 0.440. The van der Waals surface area contributed by atoms with Crippen LogP contribution in [-0.2, 0) is 17.8 Å². The molecule has 1 amide bonds. The lowest BCUT2D eigenvalue weighted by Crippen LogP contribution is -2.48. The van der Waals surface area contributed by atoms with E-state index in [1.165, 1.54) is 27.6 Å². The fourth-order valence-electron chi connectivity index (χ4n) is 4.56. The van der Waals surface area contributed by atoms with Crippen molar-refractivity contribution in [3.8, 4) is 0 Å². The van der Waals surface area contributed by atoms with Crippen molar-refractivity contribution in [3.63, 3.8) is 0 Å². The number of nitrogens with zero attached hydrogens (tertiary/aromatic N) is 2. The Morgan fingerprint density at radius 1 is 1.20 bits per heavy atom. The first-order valence-electron chi connectivity index (χ1n) is 11.0. The summed E-state index contributed by atoms with van der Waals surface area (Å²) in [4.78, 5) is 17.1. The predicted octanol–water partition coefficient (Wildman–Crippen LogP) is 4.21. The van der Waals surface area contributed by atoms with Crippen molar-refractivity contribution in [2.75, 3.05) is 0 Å². The molecule has 3 aromatic rings. The summed E-state index contributed by atoms with van der Waals surface area (Å²) in [5.41, 5.74) is 5.02. The summed E-state index contributed by atoms with van der Waals surface area (Å²) >= 11 is 0. The van der Waals surface area contributed by atoms with E-state index in [2.05, 4.69) is 70.6 Å². The van der Waals surface area contributed by atoms with Gasteiger partial charge in [-0.05, 0) is 67.5 Å². The molecule has 2 aromatic heterocycles. The van der Waals surface area contributed by atoms with E-state index in [9.17, 15) is 4.79 Å². The van der Waals surface area contributed by atoms with Crippen LogP contribution in [0.15, 0.2) is 48.9 Å². The van der Waals surface area contributed by atoms with Crippen molar-refractivity contribution in [1.82, 2.24) is 20.2 Å². The van der Waals surface area contributed by atoms with E-state index >= 15 is 0 Å². The molecule has 4 rings (SSSR count). The van der Waals surface area contributed by atoms with Gasteiger partial charge in [-0.15, -0.1) is 0 Å². The van der Waals surface area contributed by atoms with Gasteiger partial charge < -0.3 is 9.88 Å². The van der Waals surface area contributed by atoms with Crippen LogP contribution in [0.1, 0.15) is 56.8 Å². The number of hydrogen-bond donors (Lipinski definition) is 2. The number of nitrogens with one attached hydrogen (secondary N) is 2. The number of aromatic nitrogens is 2. The maximum Gasteiger partial charge on any atom is 0.237 e. The molecule has 2 atom stereocenters. The van der Waals surface area contributed by atoms with E-state index in [0.717, 1.165) is 13.0 Å². The molecule has 30 heavy (non-hydrogen) atoms. The highest BCUT2D eigenvalue weighted by atomic mass is 16.2. The third-order valence-corrected chi connectivity index (χ3v) is 5.78. The highest BCUT2D eigenvalue weighted by Crippen LogP contribution is 2.36. The fourth-order valence-corrected chi connectivity index (χ4v) is 4.56. The Labute approximate surface area is 178 Å². The van der Waals surface area contributed by atoms with Crippen LogP contribution < -0.4 is 10.6 Å². The van der Waals surface area contributed by atoms with Crippen molar-refractivity contribution in [2.45, 2.75) is 65.2 Å². The van der Waals surface area contributed by atoms with E-state index in [1.807, 2.05) is 26.2 Å². The molecule has 0 fully saturated rings. The van der Waals surface area contributed by atoms with Crippen molar-refractivity contribution < 1.29 is 4.79 Å². The molecule has 0 saturated heterocycles. The summed E-state index contributed by atoms with van der Waals surface area (Å²) in [6.45, 7) is 9.31. The molecule has 1 aliphatic rings. The Hall–Kier alpha value is -2.66. The summed E-state index contributed by atoms with van der Waals surface area (Å²) in [6, 6.07) is 10.7. The molecule has 0 unspecified atom stereocenters. The Balaban J connectivity index is 1.78. The molecular weight excluding hydrogens is 372 g/mol. The lowest BCUT2D eigenvalue weighted by molar-refractivity contribution is -0.123. The van der Waals surface area contributed by atoms with Crippen molar-refractivity contribution in [1.29, 1.82) is 0 Å². The molecule has 158 valence electrons. The second-order valence-electron chi connectivity index (χ2n) is 9.15. The minimum Gasteiger partial charge on any atom is -0.353 e. The summed E-state index contributed by atoms with van der Waals surface area (Å²) in [5.74, 6) is 0.619. The minimum atomic E-state index is -0.233.